The summed E-state index contributed by atoms with van der Waals surface area (Å²) in [6.07, 6.45) is 5.38. The van der Waals surface area contributed by atoms with Gasteiger partial charge in [0.25, 0.3) is 0 Å². The lowest BCUT2D eigenvalue weighted by Gasteiger charge is -2.23. The summed E-state index contributed by atoms with van der Waals surface area (Å²) in [5, 5.41) is 0. The van der Waals surface area contributed by atoms with Crippen molar-refractivity contribution in [1.29, 1.82) is 0 Å². The monoisotopic (exact) mass is 315 g/mol. The molecule has 18 heavy (non-hydrogen) atoms. The van der Waals surface area contributed by atoms with Crippen LogP contribution in [0.5, 0.6) is 0 Å². The number of nitrogens with two attached hydrogens (primary N) is 1. The van der Waals surface area contributed by atoms with E-state index in [1.807, 2.05) is 6.07 Å². The molecule has 3 heteroatoms. The van der Waals surface area contributed by atoms with Gasteiger partial charge in [0.1, 0.15) is 5.82 Å². The van der Waals surface area contributed by atoms with Crippen LogP contribution in [0.25, 0.3) is 0 Å². The molecule has 0 heterocycles. The van der Waals surface area contributed by atoms with Crippen LogP contribution >= 0.6 is 15.9 Å². The van der Waals surface area contributed by atoms with Crippen LogP contribution in [0.4, 0.5) is 4.39 Å². The summed E-state index contributed by atoms with van der Waals surface area (Å²) in [7, 11) is 0. The van der Waals surface area contributed by atoms with E-state index in [0.29, 0.717) is 5.92 Å². The third-order valence-electron chi connectivity index (χ3n) is 3.32. The lowest BCUT2D eigenvalue weighted by Crippen LogP contribution is -2.32. The van der Waals surface area contributed by atoms with E-state index in [4.69, 9.17) is 5.73 Å². The summed E-state index contributed by atoms with van der Waals surface area (Å²) in [4.78, 5) is 0. The molecule has 2 N–H and O–H groups in total. The molecule has 0 radical (unpaired) electrons. The molecule has 0 aliphatic carbocycles. The summed E-state index contributed by atoms with van der Waals surface area (Å²) in [5.74, 6) is 0.344. The molecule has 1 rings (SSSR count). The van der Waals surface area contributed by atoms with Gasteiger partial charge in [0.2, 0.25) is 0 Å². The van der Waals surface area contributed by atoms with Gasteiger partial charge in [0, 0.05) is 10.5 Å². The predicted molar refractivity (Wildman–Crippen MR) is 79.1 cm³/mol. The maximum atomic E-state index is 13.3. The van der Waals surface area contributed by atoms with Crippen molar-refractivity contribution in [3.63, 3.8) is 0 Å². The Morgan fingerprint density at radius 3 is 2.28 bits per heavy atom. The van der Waals surface area contributed by atoms with E-state index >= 15 is 0 Å². The highest BCUT2D eigenvalue weighted by atomic mass is 79.9. The lowest BCUT2D eigenvalue weighted by atomic mass is 9.87. The van der Waals surface area contributed by atoms with Crippen molar-refractivity contribution >= 4 is 15.9 Å². The first kappa shape index (κ1) is 15.6. The van der Waals surface area contributed by atoms with Gasteiger partial charge < -0.3 is 5.73 Å². The Bertz CT molecular complexity index is 341. The molecule has 1 atom stereocenters. The molecule has 102 valence electrons. The van der Waals surface area contributed by atoms with Gasteiger partial charge in [-0.15, -0.1) is 0 Å². The van der Waals surface area contributed by atoms with Crippen molar-refractivity contribution in [3.8, 4) is 0 Å². The molecule has 0 fully saturated rings. The third-order valence-corrected chi connectivity index (χ3v) is 3.78. The van der Waals surface area contributed by atoms with Gasteiger partial charge in [-0.1, -0.05) is 42.6 Å². The fraction of sp³-hybridized carbons (Fsp3) is 0.600. The van der Waals surface area contributed by atoms with Gasteiger partial charge in [0.05, 0.1) is 0 Å². The molecule has 0 saturated carbocycles. The molecule has 1 unspecified atom stereocenters. The van der Waals surface area contributed by atoms with Gasteiger partial charge in [0.15, 0.2) is 0 Å². The zero-order valence-electron chi connectivity index (χ0n) is 11.3. The van der Waals surface area contributed by atoms with Crippen molar-refractivity contribution in [2.75, 3.05) is 0 Å². The molecule has 0 spiro atoms. The minimum Gasteiger partial charge on any atom is -0.327 e. The first-order valence-electron chi connectivity index (χ1n) is 6.77. The largest absolute Gasteiger partial charge is 0.327 e. The van der Waals surface area contributed by atoms with E-state index < -0.39 is 0 Å². The SMILES string of the molecule is CCCC(CCC)C(N)Cc1cc(F)cc(Br)c1. The third kappa shape index (κ3) is 5.07. The molecule has 0 aliphatic rings. The molecule has 0 amide bonds. The Labute approximate surface area is 118 Å². The Balaban J connectivity index is 2.68. The van der Waals surface area contributed by atoms with Crippen molar-refractivity contribution in [2.24, 2.45) is 11.7 Å². The van der Waals surface area contributed by atoms with Crippen LogP contribution in [0.1, 0.15) is 45.1 Å². The average Bonchev–Trinajstić information content (AvgIpc) is 2.27. The number of rotatable bonds is 7. The van der Waals surface area contributed by atoms with Crippen LogP contribution in [0.3, 0.4) is 0 Å². The Morgan fingerprint density at radius 2 is 1.78 bits per heavy atom. The number of halogens is 2. The second-order valence-electron chi connectivity index (χ2n) is 4.98. The van der Waals surface area contributed by atoms with E-state index in [1.54, 1.807) is 6.07 Å². The molecular weight excluding hydrogens is 293 g/mol. The topological polar surface area (TPSA) is 26.0 Å². The molecule has 0 saturated heterocycles. The summed E-state index contributed by atoms with van der Waals surface area (Å²) in [6.45, 7) is 4.38. The minimum atomic E-state index is -0.200. The van der Waals surface area contributed by atoms with Crippen molar-refractivity contribution in [1.82, 2.24) is 0 Å². The first-order valence-corrected chi connectivity index (χ1v) is 7.56. The quantitative estimate of drug-likeness (QED) is 0.777. The van der Waals surface area contributed by atoms with E-state index in [9.17, 15) is 4.39 Å². The molecule has 0 aromatic heterocycles. The van der Waals surface area contributed by atoms with E-state index in [0.717, 1.165) is 42.1 Å². The zero-order valence-corrected chi connectivity index (χ0v) is 12.8. The number of benzene rings is 1. The average molecular weight is 316 g/mol. The molecule has 1 nitrogen and oxygen atoms in total. The Morgan fingerprint density at radius 1 is 1.17 bits per heavy atom. The summed E-state index contributed by atoms with van der Waals surface area (Å²) in [6, 6.07) is 5.14. The van der Waals surface area contributed by atoms with Crippen molar-refractivity contribution in [3.05, 3.63) is 34.1 Å². The van der Waals surface area contributed by atoms with E-state index in [-0.39, 0.29) is 11.9 Å². The molecule has 1 aromatic carbocycles. The maximum Gasteiger partial charge on any atom is 0.124 e. The highest BCUT2D eigenvalue weighted by Gasteiger charge is 2.17. The molecule has 0 bridgehead atoms. The summed E-state index contributed by atoms with van der Waals surface area (Å²) >= 11 is 3.32. The fourth-order valence-corrected chi connectivity index (χ4v) is 2.99. The smallest absolute Gasteiger partial charge is 0.124 e. The van der Waals surface area contributed by atoms with Crippen LogP contribution in [0.15, 0.2) is 22.7 Å². The highest BCUT2D eigenvalue weighted by Crippen LogP contribution is 2.21. The van der Waals surface area contributed by atoms with Crippen molar-refractivity contribution in [2.45, 2.75) is 52.0 Å². The normalized spacial score (nSPS) is 13.0. The predicted octanol–water partition coefficient (Wildman–Crippen LogP) is 4.67. The standard InChI is InChI=1S/C15H23BrFN/c1-3-5-12(6-4-2)15(18)9-11-7-13(16)10-14(17)8-11/h7-8,10,12,15H,3-6,9,18H2,1-2H3. The van der Waals surface area contributed by atoms with Gasteiger partial charge in [-0.05, 0) is 48.9 Å². The highest BCUT2D eigenvalue weighted by molar-refractivity contribution is 9.10. The molecule has 1 aromatic rings. The fourth-order valence-electron chi connectivity index (χ4n) is 2.48. The van der Waals surface area contributed by atoms with Crippen LogP contribution in [0, 0.1) is 11.7 Å². The summed E-state index contributed by atoms with van der Waals surface area (Å²) < 4.78 is 14.1. The zero-order chi connectivity index (χ0) is 13.5. The maximum absolute atomic E-state index is 13.3. The lowest BCUT2D eigenvalue weighted by molar-refractivity contribution is 0.359. The van der Waals surface area contributed by atoms with Crippen LogP contribution in [-0.4, -0.2) is 6.04 Å². The Kier molecular flexibility index (Phi) is 6.87. The second-order valence-corrected chi connectivity index (χ2v) is 5.90. The summed E-state index contributed by atoms with van der Waals surface area (Å²) in [5.41, 5.74) is 7.26. The first-order chi connectivity index (χ1) is 8.56. The van der Waals surface area contributed by atoms with Crippen LogP contribution in [0.2, 0.25) is 0 Å². The minimum absolute atomic E-state index is 0.124. The van der Waals surface area contributed by atoms with Crippen LogP contribution in [-0.2, 0) is 6.42 Å². The van der Waals surface area contributed by atoms with Crippen molar-refractivity contribution < 1.29 is 4.39 Å². The van der Waals surface area contributed by atoms with Gasteiger partial charge in [-0.25, -0.2) is 4.39 Å². The van der Waals surface area contributed by atoms with Gasteiger partial charge in [-0.3, -0.25) is 0 Å². The number of hydrogen-bond acceptors (Lipinski definition) is 1. The second kappa shape index (κ2) is 7.90. The van der Waals surface area contributed by atoms with E-state index in [2.05, 4.69) is 29.8 Å². The van der Waals surface area contributed by atoms with E-state index in [1.165, 1.54) is 6.07 Å². The number of hydrogen-bond donors (Lipinski definition) is 1. The van der Waals surface area contributed by atoms with Crippen LogP contribution < -0.4 is 5.73 Å². The van der Waals surface area contributed by atoms with Gasteiger partial charge >= 0.3 is 0 Å². The Hall–Kier alpha value is -0.410. The van der Waals surface area contributed by atoms with Gasteiger partial charge in [-0.2, -0.15) is 0 Å². The molecule has 0 aliphatic heterocycles. The molecular formula is C15H23BrFN.